The number of carbonyl (C=O) groups excluding carboxylic acids is 1. The van der Waals surface area contributed by atoms with Crippen LogP contribution in [-0.4, -0.2) is 76.0 Å². The van der Waals surface area contributed by atoms with Crippen molar-refractivity contribution >= 4 is 55.0 Å². The Labute approximate surface area is 258 Å². The van der Waals surface area contributed by atoms with Crippen LogP contribution in [0.5, 0.6) is 11.5 Å². The molecule has 0 unspecified atom stereocenters. The van der Waals surface area contributed by atoms with Crippen LogP contribution in [0.25, 0.3) is 10.2 Å². The molecular weight excluding hydrogens is 596 g/mol. The molecule has 1 amide bonds. The van der Waals surface area contributed by atoms with Gasteiger partial charge in [-0.25, -0.2) is 13.4 Å². The van der Waals surface area contributed by atoms with Gasteiger partial charge in [0.2, 0.25) is 10.0 Å². The van der Waals surface area contributed by atoms with Gasteiger partial charge in [0, 0.05) is 44.4 Å². The summed E-state index contributed by atoms with van der Waals surface area (Å²) in [7, 11) is 0.954. The van der Waals surface area contributed by atoms with Crippen molar-refractivity contribution < 1.29 is 22.7 Å². The lowest BCUT2D eigenvalue weighted by Gasteiger charge is -2.25. The smallest absolute Gasteiger partial charge is 0.260 e. The highest BCUT2D eigenvalue weighted by atomic mass is 35.5. The van der Waals surface area contributed by atoms with E-state index in [0.717, 1.165) is 23.4 Å². The van der Waals surface area contributed by atoms with E-state index in [2.05, 4.69) is 18.7 Å². The van der Waals surface area contributed by atoms with Crippen LogP contribution in [0.3, 0.4) is 0 Å². The fourth-order valence-electron chi connectivity index (χ4n) is 4.45. The number of amides is 1. The second-order valence-electron chi connectivity index (χ2n) is 9.43. The Hall–Kier alpha value is -3.22. The number of ether oxygens (including phenoxy) is 2. The minimum atomic E-state index is -3.74. The Kier molecular flexibility index (Phi) is 11.7. The molecule has 42 heavy (non-hydrogen) atoms. The highest BCUT2D eigenvalue weighted by Crippen LogP contribution is 2.37. The molecule has 0 saturated heterocycles. The van der Waals surface area contributed by atoms with E-state index >= 15 is 0 Å². The van der Waals surface area contributed by atoms with Crippen LogP contribution in [0.4, 0.5) is 5.13 Å². The summed E-state index contributed by atoms with van der Waals surface area (Å²) in [4.78, 5) is 22.6. The van der Waals surface area contributed by atoms with E-state index in [1.54, 1.807) is 44.4 Å². The number of sulfonamides is 1. The predicted molar refractivity (Wildman–Crippen MR) is 171 cm³/mol. The van der Waals surface area contributed by atoms with Crippen LogP contribution in [0.2, 0.25) is 0 Å². The number of methoxy groups -OCH3 is 2. The molecule has 0 aliphatic heterocycles. The average Bonchev–Trinajstić information content (AvgIpc) is 3.41. The molecule has 0 N–H and O–H groups in total. The van der Waals surface area contributed by atoms with Crippen molar-refractivity contribution in [2.75, 3.05) is 52.3 Å². The molecule has 1 aromatic heterocycles. The number of likely N-dealkylation sites (N-methyl/N-ethyl adjacent to an activating group) is 1. The Bertz CT molecular complexity index is 1540. The number of aromatic nitrogens is 1. The van der Waals surface area contributed by atoms with Crippen LogP contribution in [0.1, 0.15) is 29.8 Å². The zero-order valence-corrected chi connectivity index (χ0v) is 26.9. The van der Waals surface area contributed by atoms with Crippen LogP contribution in [-0.2, 0) is 16.6 Å². The fourth-order valence-corrected chi connectivity index (χ4v) is 6.61. The molecular formula is C30H37ClN4O5S2. The highest BCUT2D eigenvalue weighted by Gasteiger charge is 2.25. The van der Waals surface area contributed by atoms with E-state index in [0.29, 0.717) is 40.8 Å². The van der Waals surface area contributed by atoms with Gasteiger partial charge in [0.25, 0.3) is 5.91 Å². The second-order valence-corrected chi connectivity index (χ2v) is 12.5. The summed E-state index contributed by atoms with van der Waals surface area (Å²) in [5.74, 6) is 0.897. The van der Waals surface area contributed by atoms with E-state index in [4.69, 9.17) is 14.5 Å². The standard InChI is InChI=1S/C30H36N4O5S2.ClH/c1-6-33(7-2)17-18-34(30-31-25-19-26(38-4)27(39-5)20-28(25)40-30)29(35)23-13-15-24(16-14-23)41(36,37)32(3)21-22-11-9-8-10-12-22;/h8-16,19-20H,6-7,17-18,21H2,1-5H3;1H. The molecule has 0 radical (unpaired) electrons. The second kappa shape index (κ2) is 14.8. The van der Waals surface area contributed by atoms with Gasteiger partial charge in [-0.05, 0) is 42.9 Å². The summed E-state index contributed by atoms with van der Waals surface area (Å²) in [6.07, 6.45) is 0. The molecule has 0 aliphatic carbocycles. The van der Waals surface area contributed by atoms with Crippen molar-refractivity contribution in [1.29, 1.82) is 0 Å². The van der Waals surface area contributed by atoms with Crippen LogP contribution in [0.15, 0.2) is 71.6 Å². The molecule has 4 rings (SSSR count). The Morgan fingerprint density at radius 2 is 1.52 bits per heavy atom. The van der Waals surface area contributed by atoms with E-state index in [9.17, 15) is 13.2 Å². The van der Waals surface area contributed by atoms with Crippen LogP contribution >= 0.6 is 23.7 Å². The SMILES string of the molecule is CCN(CC)CCN(C(=O)c1ccc(S(=O)(=O)N(C)Cc2ccccc2)cc1)c1nc2cc(OC)c(OC)cc2s1.Cl. The number of halogens is 1. The zero-order valence-electron chi connectivity index (χ0n) is 24.4. The topological polar surface area (TPSA) is 92.3 Å². The normalized spacial score (nSPS) is 11.5. The van der Waals surface area contributed by atoms with E-state index in [1.165, 1.54) is 27.8 Å². The molecule has 12 heteroatoms. The lowest BCUT2D eigenvalue weighted by molar-refractivity contribution is 0.0983. The van der Waals surface area contributed by atoms with Gasteiger partial charge in [-0.15, -0.1) is 12.4 Å². The van der Waals surface area contributed by atoms with Gasteiger partial charge >= 0.3 is 0 Å². The van der Waals surface area contributed by atoms with Gasteiger partial charge < -0.3 is 14.4 Å². The third kappa shape index (κ3) is 7.40. The molecule has 0 aliphatic rings. The first-order chi connectivity index (χ1) is 19.7. The van der Waals surface area contributed by atoms with Gasteiger partial charge in [-0.1, -0.05) is 55.5 Å². The van der Waals surface area contributed by atoms with Gasteiger partial charge in [0.1, 0.15) is 0 Å². The number of anilines is 1. The van der Waals surface area contributed by atoms with Gasteiger partial charge in [-0.3, -0.25) is 9.69 Å². The van der Waals surface area contributed by atoms with Crippen molar-refractivity contribution in [2.45, 2.75) is 25.3 Å². The van der Waals surface area contributed by atoms with Crippen molar-refractivity contribution in [1.82, 2.24) is 14.2 Å². The molecule has 1 heterocycles. The van der Waals surface area contributed by atoms with Gasteiger partial charge in [0.15, 0.2) is 16.6 Å². The highest BCUT2D eigenvalue weighted by molar-refractivity contribution is 7.89. The summed E-state index contributed by atoms with van der Waals surface area (Å²) in [5.41, 5.74) is 1.97. The minimum Gasteiger partial charge on any atom is -0.493 e. The van der Waals surface area contributed by atoms with E-state index in [-0.39, 0.29) is 29.8 Å². The number of nitrogens with zero attached hydrogens (tertiary/aromatic N) is 4. The fraction of sp³-hybridized carbons (Fsp3) is 0.333. The Balaban J connectivity index is 0.00000484. The third-order valence-corrected chi connectivity index (χ3v) is 9.81. The molecule has 0 saturated carbocycles. The van der Waals surface area contributed by atoms with Crippen LogP contribution < -0.4 is 14.4 Å². The molecule has 4 aromatic rings. The zero-order chi connectivity index (χ0) is 29.6. The number of hydrogen-bond acceptors (Lipinski definition) is 8. The first kappa shape index (κ1) is 33.3. The molecule has 226 valence electrons. The molecule has 0 fully saturated rings. The van der Waals surface area contributed by atoms with E-state index in [1.807, 2.05) is 36.4 Å². The molecule has 9 nitrogen and oxygen atoms in total. The summed E-state index contributed by atoms with van der Waals surface area (Å²) in [6, 6.07) is 19.2. The number of carbonyl (C=O) groups is 1. The van der Waals surface area contributed by atoms with Crippen molar-refractivity contribution in [3.8, 4) is 11.5 Å². The maximum atomic E-state index is 13.9. The summed E-state index contributed by atoms with van der Waals surface area (Å²) < 4.78 is 39.5. The number of thiazole rings is 1. The lowest BCUT2D eigenvalue weighted by atomic mass is 10.2. The third-order valence-electron chi connectivity index (χ3n) is 6.95. The number of fused-ring (bicyclic) bond motifs is 1. The molecule has 0 spiro atoms. The lowest BCUT2D eigenvalue weighted by Crippen LogP contribution is -2.38. The van der Waals surface area contributed by atoms with Crippen LogP contribution in [0, 0.1) is 0 Å². The number of rotatable bonds is 13. The van der Waals surface area contributed by atoms with E-state index < -0.39 is 10.0 Å². The monoisotopic (exact) mass is 632 g/mol. The van der Waals surface area contributed by atoms with Crippen molar-refractivity contribution in [2.24, 2.45) is 0 Å². The van der Waals surface area contributed by atoms with Crippen molar-refractivity contribution in [3.63, 3.8) is 0 Å². The molecule has 0 atom stereocenters. The number of hydrogen-bond donors (Lipinski definition) is 0. The van der Waals surface area contributed by atoms with Gasteiger partial charge in [-0.2, -0.15) is 4.31 Å². The minimum absolute atomic E-state index is 0. The summed E-state index contributed by atoms with van der Waals surface area (Å²) in [5, 5.41) is 0.548. The Morgan fingerprint density at radius 1 is 0.905 bits per heavy atom. The first-order valence-corrected chi connectivity index (χ1v) is 15.6. The maximum Gasteiger partial charge on any atom is 0.260 e. The molecule has 0 bridgehead atoms. The van der Waals surface area contributed by atoms with Gasteiger partial charge in [0.05, 0.1) is 29.3 Å². The predicted octanol–water partition coefficient (Wildman–Crippen LogP) is 5.54. The quantitative estimate of drug-likeness (QED) is 0.191. The van der Waals surface area contributed by atoms with Crippen molar-refractivity contribution in [3.05, 3.63) is 77.9 Å². The maximum absolute atomic E-state index is 13.9. The summed E-state index contributed by atoms with van der Waals surface area (Å²) >= 11 is 1.39. The Morgan fingerprint density at radius 3 is 2.12 bits per heavy atom. The first-order valence-electron chi connectivity index (χ1n) is 13.4. The summed E-state index contributed by atoms with van der Waals surface area (Å²) in [6.45, 7) is 7.22. The average molecular weight is 633 g/mol. The number of benzene rings is 3. The molecule has 3 aromatic carbocycles. The largest absolute Gasteiger partial charge is 0.493 e.